The maximum Gasteiger partial charge on any atom is 0.328 e. The van der Waals surface area contributed by atoms with Gasteiger partial charge in [0.2, 0.25) is 5.91 Å². The molecule has 2 N–H and O–H groups in total. The second kappa shape index (κ2) is 8.59. The van der Waals surface area contributed by atoms with E-state index in [9.17, 15) is 9.59 Å². The number of likely N-dealkylation sites (tertiary alicyclic amines) is 1. The van der Waals surface area contributed by atoms with Crippen molar-refractivity contribution in [3.8, 4) is 0 Å². The van der Waals surface area contributed by atoms with Crippen LogP contribution in [-0.2, 0) is 4.79 Å². The summed E-state index contributed by atoms with van der Waals surface area (Å²) in [5.74, 6) is 0.626. The van der Waals surface area contributed by atoms with E-state index in [0.717, 1.165) is 54.3 Å². The van der Waals surface area contributed by atoms with Gasteiger partial charge < -0.3 is 14.8 Å². The van der Waals surface area contributed by atoms with E-state index in [1.165, 1.54) is 32.5 Å². The fraction of sp³-hybridized carbons (Fsp3) is 0.609. The molecule has 0 unspecified atom stereocenters. The lowest BCUT2D eigenvalue weighted by Gasteiger charge is -2.36. The van der Waals surface area contributed by atoms with Gasteiger partial charge in [-0.25, -0.2) is 9.78 Å². The third-order valence-corrected chi connectivity index (χ3v) is 7.12. The minimum absolute atomic E-state index is 0.217. The maximum absolute atomic E-state index is 12.3. The Hall–Kier alpha value is -2.45. The molecule has 3 aliphatic rings. The summed E-state index contributed by atoms with van der Waals surface area (Å²) in [5.41, 5.74) is 2.60. The number of nitrogens with zero attached hydrogens (tertiary/aromatic N) is 4. The SMILES string of the molecule is Cc1nc2c(ccn2C2CCN(CC3CCNCC3)CC2)cc1N1CCC(=O)NC1=O. The summed E-state index contributed by atoms with van der Waals surface area (Å²) in [6, 6.07) is 4.24. The van der Waals surface area contributed by atoms with E-state index < -0.39 is 0 Å². The number of carbonyl (C=O) groups excluding carboxylic acids is 2. The number of imide groups is 1. The average molecular weight is 425 g/mol. The number of pyridine rings is 1. The lowest BCUT2D eigenvalue weighted by atomic mass is 9.96. The molecule has 0 radical (unpaired) electrons. The molecule has 3 amide bonds. The molecule has 8 heteroatoms. The molecule has 5 rings (SSSR count). The van der Waals surface area contributed by atoms with Crippen molar-refractivity contribution in [3.05, 3.63) is 24.0 Å². The number of hydrogen-bond acceptors (Lipinski definition) is 5. The molecule has 0 atom stereocenters. The normalized spacial score (nSPS) is 22.3. The summed E-state index contributed by atoms with van der Waals surface area (Å²) in [5, 5.41) is 6.90. The largest absolute Gasteiger partial charge is 0.329 e. The summed E-state index contributed by atoms with van der Waals surface area (Å²) < 4.78 is 2.33. The van der Waals surface area contributed by atoms with E-state index in [1.54, 1.807) is 4.90 Å². The zero-order valence-electron chi connectivity index (χ0n) is 18.3. The predicted octanol–water partition coefficient (Wildman–Crippen LogP) is 2.43. The molecule has 2 aromatic rings. The van der Waals surface area contributed by atoms with Crippen LogP contribution in [-0.4, -0.2) is 65.7 Å². The van der Waals surface area contributed by atoms with Crippen LogP contribution >= 0.6 is 0 Å². The van der Waals surface area contributed by atoms with Gasteiger partial charge in [0.25, 0.3) is 0 Å². The number of rotatable bonds is 4. The molecule has 0 saturated carbocycles. The number of urea groups is 1. The van der Waals surface area contributed by atoms with Gasteiger partial charge in [-0.3, -0.25) is 15.0 Å². The topological polar surface area (TPSA) is 82.5 Å². The third kappa shape index (κ3) is 4.19. The first-order chi connectivity index (χ1) is 15.1. The number of aromatic nitrogens is 2. The lowest BCUT2D eigenvalue weighted by molar-refractivity contribution is -0.120. The number of hydrogen-bond donors (Lipinski definition) is 2. The number of piperidine rings is 2. The van der Waals surface area contributed by atoms with E-state index in [-0.39, 0.29) is 11.9 Å². The van der Waals surface area contributed by atoms with Gasteiger partial charge in [-0.2, -0.15) is 0 Å². The minimum Gasteiger partial charge on any atom is -0.329 e. The number of nitrogens with one attached hydrogen (secondary N) is 2. The zero-order chi connectivity index (χ0) is 21.4. The van der Waals surface area contributed by atoms with Gasteiger partial charge in [0, 0.05) is 50.2 Å². The van der Waals surface area contributed by atoms with E-state index >= 15 is 0 Å². The van der Waals surface area contributed by atoms with Crippen molar-refractivity contribution in [2.24, 2.45) is 5.92 Å². The van der Waals surface area contributed by atoms with Crippen LogP contribution in [0.15, 0.2) is 18.3 Å². The van der Waals surface area contributed by atoms with Gasteiger partial charge in [0.15, 0.2) is 0 Å². The van der Waals surface area contributed by atoms with Crippen LogP contribution in [0.4, 0.5) is 10.5 Å². The Bertz CT molecular complexity index is 972. The Balaban J connectivity index is 1.28. The van der Waals surface area contributed by atoms with Crippen molar-refractivity contribution in [1.82, 2.24) is 25.1 Å². The van der Waals surface area contributed by atoms with Crippen molar-refractivity contribution in [3.63, 3.8) is 0 Å². The van der Waals surface area contributed by atoms with Gasteiger partial charge in [0.05, 0.1) is 11.4 Å². The van der Waals surface area contributed by atoms with Crippen molar-refractivity contribution in [2.75, 3.05) is 44.2 Å². The Morgan fingerprint density at radius 1 is 1.10 bits per heavy atom. The van der Waals surface area contributed by atoms with E-state index in [0.29, 0.717) is 19.0 Å². The number of aryl methyl sites for hydroxylation is 1. The summed E-state index contributed by atoms with van der Waals surface area (Å²) in [4.78, 5) is 32.9. The first-order valence-corrected chi connectivity index (χ1v) is 11.6. The summed E-state index contributed by atoms with van der Waals surface area (Å²) in [6.45, 7) is 8.20. The lowest BCUT2D eigenvalue weighted by Crippen LogP contribution is -2.49. The quantitative estimate of drug-likeness (QED) is 0.788. The Morgan fingerprint density at radius 3 is 2.61 bits per heavy atom. The Morgan fingerprint density at radius 2 is 1.87 bits per heavy atom. The molecule has 3 aliphatic heterocycles. The van der Waals surface area contributed by atoms with Crippen LogP contribution < -0.4 is 15.5 Å². The Kier molecular flexibility index (Phi) is 5.67. The molecule has 8 nitrogen and oxygen atoms in total. The fourth-order valence-corrected chi connectivity index (χ4v) is 5.33. The second-order valence-corrected chi connectivity index (χ2v) is 9.21. The van der Waals surface area contributed by atoms with Crippen molar-refractivity contribution in [2.45, 2.75) is 45.1 Å². The maximum atomic E-state index is 12.3. The molecule has 0 aliphatic carbocycles. The van der Waals surface area contributed by atoms with Gasteiger partial charge in [0.1, 0.15) is 5.65 Å². The molecule has 0 spiro atoms. The zero-order valence-corrected chi connectivity index (χ0v) is 18.3. The van der Waals surface area contributed by atoms with Crippen molar-refractivity contribution < 1.29 is 9.59 Å². The van der Waals surface area contributed by atoms with Gasteiger partial charge in [-0.1, -0.05) is 0 Å². The van der Waals surface area contributed by atoms with E-state index in [4.69, 9.17) is 4.98 Å². The molecule has 2 aromatic heterocycles. The third-order valence-electron chi connectivity index (χ3n) is 7.12. The average Bonchev–Trinajstić information content (AvgIpc) is 3.17. The monoisotopic (exact) mass is 424 g/mol. The van der Waals surface area contributed by atoms with Crippen LogP contribution in [0.3, 0.4) is 0 Å². The number of carbonyl (C=O) groups is 2. The fourth-order valence-electron chi connectivity index (χ4n) is 5.33. The molecule has 166 valence electrons. The van der Waals surface area contributed by atoms with Crippen LogP contribution in [0.5, 0.6) is 0 Å². The highest BCUT2D eigenvalue weighted by atomic mass is 16.2. The van der Waals surface area contributed by atoms with Crippen LogP contribution in [0.2, 0.25) is 0 Å². The standard InChI is InChI=1S/C23H32N6O2/c1-16-20(29-13-7-21(30)26-23(29)31)14-18-4-12-28(22(18)25-16)19-5-10-27(11-6-19)15-17-2-8-24-9-3-17/h4,12,14,17,19,24H,2-3,5-11,13,15H2,1H3,(H,26,30,31). The first kappa shape index (κ1) is 20.5. The number of anilines is 1. The van der Waals surface area contributed by atoms with Gasteiger partial charge >= 0.3 is 6.03 Å². The molecule has 0 aromatic carbocycles. The van der Waals surface area contributed by atoms with Crippen LogP contribution in [0.1, 0.15) is 43.8 Å². The first-order valence-electron chi connectivity index (χ1n) is 11.6. The number of amides is 3. The molecule has 3 fully saturated rings. The highest BCUT2D eigenvalue weighted by Gasteiger charge is 2.28. The summed E-state index contributed by atoms with van der Waals surface area (Å²) in [7, 11) is 0. The molecule has 0 bridgehead atoms. The van der Waals surface area contributed by atoms with Crippen LogP contribution in [0.25, 0.3) is 11.0 Å². The van der Waals surface area contributed by atoms with Crippen LogP contribution in [0, 0.1) is 12.8 Å². The minimum atomic E-state index is -0.360. The summed E-state index contributed by atoms with van der Waals surface area (Å²) >= 11 is 0. The highest BCUT2D eigenvalue weighted by molar-refractivity contribution is 6.06. The van der Waals surface area contributed by atoms with Gasteiger partial charge in [-0.05, 0) is 63.7 Å². The molecule has 31 heavy (non-hydrogen) atoms. The smallest absolute Gasteiger partial charge is 0.328 e. The van der Waals surface area contributed by atoms with Crippen molar-refractivity contribution in [1.29, 1.82) is 0 Å². The molecule has 5 heterocycles. The van der Waals surface area contributed by atoms with Crippen molar-refractivity contribution >= 4 is 28.7 Å². The summed E-state index contributed by atoms with van der Waals surface area (Å²) in [6.07, 6.45) is 7.36. The highest BCUT2D eigenvalue weighted by Crippen LogP contribution is 2.31. The molecular weight excluding hydrogens is 392 g/mol. The Labute approximate surface area is 183 Å². The second-order valence-electron chi connectivity index (χ2n) is 9.21. The van der Waals surface area contributed by atoms with E-state index in [2.05, 4.69) is 32.4 Å². The van der Waals surface area contributed by atoms with E-state index in [1.807, 2.05) is 13.0 Å². The molecule has 3 saturated heterocycles. The van der Waals surface area contributed by atoms with Gasteiger partial charge in [-0.15, -0.1) is 0 Å². The number of fused-ring (bicyclic) bond motifs is 1. The predicted molar refractivity (Wildman–Crippen MR) is 120 cm³/mol. The molecular formula is C23H32N6O2.